The topological polar surface area (TPSA) is 68.3 Å². The number of nitrogens with one attached hydrogen (secondary N) is 1. The zero-order valence-electron chi connectivity index (χ0n) is 11.7. The molecule has 0 saturated heterocycles. The van der Waals surface area contributed by atoms with Crippen LogP contribution in [-0.2, 0) is 9.53 Å². The molecule has 0 aliphatic rings. The lowest BCUT2D eigenvalue weighted by atomic mass is 10.1. The highest BCUT2D eigenvalue weighted by molar-refractivity contribution is 6.03. The van der Waals surface area contributed by atoms with Gasteiger partial charge < -0.3 is 10.1 Å². The van der Waals surface area contributed by atoms with Crippen molar-refractivity contribution in [3.8, 4) is 0 Å². The standard InChI is InChI=1S/C16H16N2O3/c1-3-9-18-15(19)11(2)21-16(20)13-8-4-6-12-7-5-10-17-14(12)13/h3-8,10-11H,1,9H2,2H3,(H,18,19)/t11-/m0/s1. The lowest BCUT2D eigenvalue weighted by molar-refractivity contribution is -0.128. The van der Waals surface area contributed by atoms with Crippen molar-refractivity contribution in [3.63, 3.8) is 0 Å². The average molecular weight is 284 g/mol. The second kappa shape index (κ2) is 6.65. The molecule has 0 aliphatic carbocycles. The number of ether oxygens (including phenoxy) is 1. The molecule has 0 unspecified atom stereocenters. The zero-order chi connectivity index (χ0) is 15.2. The van der Waals surface area contributed by atoms with E-state index in [1.807, 2.05) is 12.1 Å². The Hall–Kier alpha value is -2.69. The van der Waals surface area contributed by atoms with Gasteiger partial charge in [0.1, 0.15) is 0 Å². The van der Waals surface area contributed by atoms with E-state index < -0.39 is 12.1 Å². The zero-order valence-corrected chi connectivity index (χ0v) is 11.7. The number of aromatic nitrogens is 1. The minimum atomic E-state index is -0.878. The molecule has 2 aromatic rings. The highest BCUT2D eigenvalue weighted by Gasteiger charge is 2.20. The van der Waals surface area contributed by atoms with Crippen molar-refractivity contribution >= 4 is 22.8 Å². The fraction of sp³-hybridized carbons (Fsp3) is 0.188. The van der Waals surface area contributed by atoms with E-state index in [4.69, 9.17) is 4.74 Å². The number of carbonyl (C=O) groups excluding carboxylic acids is 2. The smallest absolute Gasteiger partial charge is 0.341 e. The Morgan fingerprint density at radius 2 is 2.14 bits per heavy atom. The highest BCUT2D eigenvalue weighted by atomic mass is 16.5. The molecule has 5 nitrogen and oxygen atoms in total. The SMILES string of the molecule is C=CCNC(=O)[C@H](C)OC(=O)c1cccc2cccnc12. The first-order valence-electron chi connectivity index (χ1n) is 6.57. The number of nitrogens with zero attached hydrogens (tertiary/aromatic N) is 1. The molecule has 0 bridgehead atoms. The maximum absolute atomic E-state index is 12.2. The van der Waals surface area contributed by atoms with E-state index in [0.29, 0.717) is 17.6 Å². The van der Waals surface area contributed by atoms with Gasteiger partial charge in [-0.05, 0) is 19.1 Å². The van der Waals surface area contributed by atoms with Gasteiger partial charge in [-0.2, -0.15) is 0 Å². The largest absolute Gasteiger partial charge is 0.449 e. The molecule has 0 radical (unpaired) electrons. The Labute approximate surface area is 122 Å². The van der Waals surface area contributed by atoms with Gasteiger partial charge in [0.15, 0.2) is 6.10 Å². The van der Waals surface area contributed by atoms with Crippen molar-refractivity contribution in [2.75, 3.05) is 6.54 Å². The third kappa shape index (κ3) is 3.45. The van der Waals surface area contributed by atoms with Crippen LogP contribution in [0.2, 0.25) is 0 Å². The molecule has 5 heteroatoms. The lowest BCUT2D eigenvalue weighted by Crippen LogP contribution is -2.35. The van der Waals surface area contributed by atoms with Crippen LogP contribution in [0.15, 0.2) is 49.2 Å². The van der Waals surface area contributed by atoms with E-state index >= 15 is 0 Å². The summed E-state index contributed by atoms with van der Waals surface area (Å²) in [7, 11) is 0. The fourth-order valence-electron chi connectivity index (χ4n) is 1.86. The number of benzene rings is 1. The van der Waals surface area contributed by atoms with E-state index in [-0.39, 0.29) is 5.91 Å². The molecular formula is C16H16N2O3. The number of rotatable bonds is 5. The summed E-state index contributed by atoms with van der Waals surface area (Å²) in [4.78, 5) is 28.1. The van der Waals surface area contributed by atoms with Crippen LogP contribution in [0.1, 0.15) is 17.3 Å². The van der Waals surface area contributed by atoms with Crippen LogP contribution < -0.4 is 5.32 Å². The van der Waals surface area contributed by atoms with Crippen molar-refractivity contribution in [2.45, 2.75) is 13.0 Å². The molecule has 21 heavy (non-hydrogen) atoms. The molecule has 1 aromatic heterocycles. The van der Waals surface area contributed by atoms with Gasteiger partial charge in [-0.3, -0.25) is 9.78 Å². The molecule has 0 fully saturated rings. The van der Waals surface area contributed by atoms with Crippen LogP contribution in [0.4, 0.5) is 0 Å². The molecule has 0 spiro atoms. The van der Waals surface area contributed by atoms with Gasteiger partial charge in [-0.1, -0.05) is 24.3 Å². The van der Waals surface area contributed by atoms with Crippen molar-refractivity contribution in [2.24, 2.45) is 0 Å². The summed E-state index contributed by atoms with van der Waals surface area (Å²) in [6.07, 6.45) is 2.29. The van der Waals surface area contributed by atoms with Crippen LogP contribution in [0.3, 0.4) is 0 Å². The number of pyridine rings is 1. The number of hydrogen-bond donors (Lipinski definition) is 1. The molecule has 0 aliphatic heterocycles. The fourth-order valence-corrected chi connectivity index (χ4v) is 1.86. The Balaban J connectivity index is 2.15. The van der Waals surface area contributed by atoms with E-state index in [1.54, 1.807) is 30.5 Å². The molecule has 1 atom stereocenters. The Kier molecular flexibility index (Phi) is 4.66. The number of esters is 1. The van der Waals surface area contributed by atoms with Gasteiger partial charge in [-0.15, -0.1) is 6.58 Å². The number of carbonyl (C=O) groups is 2. The van der Waals surface area contributed by atoms with Crippen LogP contribution in [0, 0.1) is 0 Å². The summed E-state index contributed by atoms with van der Waals surface area (Å²) in [6.45, 7) is 5.36. The lowest BCUT2D eigenvalue weighted by Gasteiger charge is -2.13. The van der Waals surface area contributed by atoms with Crippen LogP contribution in [0.25, 0.3) is 10.9 Å². The van der Waals surface area contributed by atoms with E-state index in [0.717, 1.165) is 5.39 Å². The average Bonchev–Trinajstić information content (AvgIpc) is 2.51. The molecule has 2 rings (SSSR count). The van der Waals surface area contributed by atoms with Gasteiger partial charge in [-0.25, -0.2) is 4.79 Å². The van der Waals surface area contributed by atoms with Gasteiger partial charge in [0.05, 0.1) is 11.1 Å². The monoisotopic (exact) mass is 284 g/mol. The third-order valence-electron chi connectivity index (χ3n) is 2.93. The summed E-state index contributed by atoms with van der Waals surface area (Å²) >= 11 is 0. The molecule has 1 N–H and O–H groups in total. The number of amides is 1. The molecule has 0 saturated carbocycles. The number of hydrogen-bond acceptors (Lipinski definition) is 4. The predicted octanol–water partition coefficient (Wildman–Crippen LogP) is 2.08. The first-order valence-corrected chi connectivity index (χ1v) is 6.57. The summed E-state index contributed by atoms with van der Waals surface area (Å²) in [6, 6.07) is 8.90. The molecule has 108 valence electrons. The minimum absolute atomic E-state index is 0.330. The van der Waals surface area contributed by atoms with Crippen molar-refractivity contribution in [1.29, 1.82) is 0 Å². The van der Waals surface area contributed by atoms with Gasteiger partial charge in [0.25, 0.3) is 5.91 Å². The Morgan fingerprint density at radius 1 is 1.38 bits per heavy atom. The van der Waals surface area contributed by atoms with E-state index in [2.05, 4.69) is 16.9 Å². The Morgan fingerprint density at radius 3 is 2.90 bits per heavy atom. The summed E-state index contributed by atoms with van der Waals surface area (Å²) in [5.41, 5.74) is 0.903. The van der Waals surface area contributed by atoms with Crippen molar-refractivity contribution in [1.82, 2.24) is 10.3 Å². The third-order valence-corrected chi connectivity index (χ3v) is 2.93. The highest BCUT2D eigenvalue weighted by Crippen LogP contribution is 2.17. The summed E-state index contributed by atoms with van der Waals surface area (Å²) in [5.74, 6) is -0.933. The summed E-state index contributed by atoms with van der Waals surface area (Å²) < 4.78 is 5.18. The predicted molar refractivity (Wildman–Crippen MR) is 79.8 cm³/mol. The first-order chi connectivity index (χ1) is 10.1. The molecule has 1 heterocycles. The van der Waals surface area contributed by atoms with Crippen LogP contribution in [0.5, 0.6) is 0 Å². The quantitative estimate of drug-likeness (QED) is 0.674. The normalized spacial score (nSPS) is 11.7. The molecular weight excluding hydrogens is 268 g/mol. The van der Waals surface area contributed by atoms with Crippen LogP contribution >= 0.6 is 0 Å². The second-order valence-corrected chi connectivity index (χ2v) is 4.46. The van der Waals surface area contributed by atoms with E-state index in [9.17, 15) is 9.59 Å². The van der Waals surface area contributed by atoms with Crippen LogP contribution in [-0.4, -0.2) is 29.5 Å². The number of fused-ring (bicyclic) bond motifs is 1. The van der Waals surface area contributed by atoms with Gasteiger partial charge in [0, 0.05) is 18.1 Å². The Bertz CT molecular complexity index is 677. The molecule has 1 aromatic carbocycles. The second-order valence-electron chi connectivity index (χ2n) is 4.46. The molecule has 1 amide bonds. The van der Waals surface area contributed by atoms with E-state index in [1.165, 1.54) is 6.92 Å². The van der Waals surface area contributed by atoms with Gasteiger partial charge >= 0.3 is 5.97 Å². The van der Waals surface area contributed by atoms with Crippen molar-refractivity contribution < 1.29 is 14.3 Å². The minimum Gasteiger partial charge on any atom is -0.449 e. The maximum atomic E-state index is 12.2. The first kappa shape index (κ1) is 14.7. The maximum Gasteiger partial charge on any atom is 0.341 e. The summed E-state index contributed by atoms with van der Waals surface area (Å²) in [5, 5.41) is 3.42. The van der Waals surface area contributed by atoms with Gasteiger partial charge in [0.2, 0.25) is 0 Å². The van der Waals surface area contributed by atoms with Crippen molar-refractivity contribution in [3.05, 3.63) is 54.7 Å². The number of para-hydroxylation sites is 1.